The lowest BCUT2D eigenvalue weighted by molar-refractivity contribution is 0.374. The summed E-state index contributed by atoms with van der Waals surface area (Å²) in [6.07, 6.45) is 1.62. The predicted molar refractivity (Wildman–Crippen MR) is 230 cm³/mol. The Morgan fingerprint density at radius 1 is 0.442 bits per heavy atom. The minimum absolute atomic E-state index is 0.0381. The van der Waals surface area contributed by atoms with Gasteiger partial charge in [0.15, 0.2) is 0 Å². The van der Waals surface area contributed by atoms with E-state index in [9.17, 15) is 0 Å². The minimum atomic E-state index is -2.20. The van der Waals surface area contributed by atoms with E-state index in [1.54, 1.807) is 0 Å². The first-order valence-corrected chi connectivity index (χ1v) is 25.0. The van der Waals surface area contributed by atoms with Gasteiger partial charge in [-0.1, -0.05) is 146 Å². The van der Waals surface area contributed by atoms with E-state index in [1.165, 1.54) is 76.5 Å². The van der Waals surface area contributed by atoms with E-state index in [2.05, 4.69) is 172 Å². The van der Waals surface area contributed by atoms with Crippen molar-refractivity contribution in [3.63, 3.8) is 0 Å². The van der Waals surface area contributed by atoms with Gasteiger partial charge in [0.1, 0.15) is 0 Å². The van der Waals surface area contributed by atoms with Crippen molar-refractivity contribution in [1.29, 1.82) is 0 Å². The van der Waals surface area contributed by atoms with Crippen LogP contribution in [0.4, 0.5) is 0 Å². The van der Waals surface area contributed by atoms with Crippen LogP contribution in [-0.2, 0) is 21.7 Å². The molecule has 2 nitrogen and oxygen atoms in total. The molecule has 266 valence electrons. The van der Waals surface area contributed by atoms with Crippen molar-refractivity contribution < 1.29 is 8.85 Å². The fraction of sp³-hybridized carbons (Fsp3) is 0.333. The summed E-state index contributed by atoms with van der Waals surface area (Å²) in [6.45, 7) is 26.2. The molecule has 4 heteroatoms. The summed E-state index contributed by atoms with van der Waals surface area (Å²) in [6, 6.07) is 36.1. The summed E-state index contributed by atoms with van der Waals surface area (Å²) in [5.74, 6) is 2.36. The molecule has 0 amide bonds. The monoisotopic (exact) mass is 718 g/mol. The van der Waals surface area contributed by atoms with Crippen molar-refractivity contribution in [3.8, 4) is 0 Å². The van der Waals surface area contributed by atoms with Crippen LogP contribution in [0.3, 0.4) is 0 Å². The van der Waals surface area contributed by atoms with Crippen LogP contribution in [0.2, 0.25) is 36.3 Å². The van der Waals surface area contributed by atoms with Gasteiger partial charge in [0, 0.05) is 29.9 Å². The molecular formula is C48H54O2Si2. The molecule has 0 atom stereocenters. The summed E-state index contributed by atoms with van der Waals surface area (Å²) in [5.41, 5.74) is 8.23. The molecule has 0 spiro atoms. The van der Waals surface area contributed by atoms with Crippen LogP contribution >= 0.6 is 0 Å². The number of fused-ring (bicyclic) bond motifs is 12. The van der Waals surface area contributed by atoms with E-state index in [0.29, 0.717) is 0 Å². The maximum absolute atomic E-state index is 7.54. The molecule has 0 N–H and O–H groups in total. The molecule has 0 heterocycles. The van der Waals surface area contributed by atoms with Gasteiger partial charge in [-0.2, -0.15) is 0 Å². The van der Waals surface area contributed by atoms with Crippen LogP contribution in [0, 0.1) is 5.92 Å². The largest absolute Gasteiger partial charge is 0.546 e. The van der Waals surface area contributed by atoms with Gasteiger partial charge in [-0.3, -0.25) is 0 Å². The molecule has 8 rings (SSSR count). The lowest BCUT2D eigenvalue weighted by Crippen LogP contribution is -2.41. The number of allylic oxidation sites excluding steroid dienone is 4. The first-order valence-electron chi connectivity index (χ1n) is 19.2. The van der Waals surface area contributed by atoms with E-state index in [0.717, 1.165) is 24.4 Å². The van der Waals surface area contributed by atoms with Crippen molar-refractivity contribution in [3.05, 3.63) is 131 Å². The molecule has 0 radical (unpaired) electrons. The van der Waals surface area contributed by atoms with E-state index < -0.39 is 16.6 Å². The summed E-state index contributed by atoms with van der Waals surface area (Å²) in [5, 5.41) is 10.7. The summed E-state index contributed by atoms with van der Waals surface area (Å²) < 4.78 is 15.1. The van der Waals surface area contributed by atoms with Crippen LogP contribution < -0.4 is 0 Å². The van der Waals surface area contributed by atoms with Crippen LogP contribution in [0.25, 0.3) is 54.2 Å². The van der Waals surface area contributed by atoms with Crippen molar-refractivity contribution >= 4 is 70.9 Å². The second-order valence-electron chi connectivity index (χ2n) is 18.4. The predicted octanol–water partition coefficient (Wildman–Crippen LogP) is 14.2. The fourth-order valence-electron chi connectivity index (χ4n) is 8.37. The van der Waals surface area contributed by atoms with Crippen molar-refractivity contribution in [2.24, 2.45) is 5.92 Å². The second kappa shape index (κ2) is 11.9. The van der Waals surface area contributed by atoms with E-state index in [-0.39, 0.29) is 16.0 Å². The minimum Gasteiger partial charge on any atom is -0.546 e. The van der Waals surface area contributed by atoms with Crippen LogP contribution in [-0.4, -0.2) is 16.6 Å². The first-order chi connectivity index (χ1) is 24.5. The zero-order valence-corrected chi connectivity index (χ0v) is 35.0. The summed E-state index contributed by atoms with van der Waals surface area (Å²) >= 11 is 0. The maximum Gasteiger partial charge on any atom is 0.250 e. The van der Waals surface area contributed by atoms with Gasteiger partial charge in [-0.05, 0) is 102 Å². The molecule has 52 heavy (non-hydrogen) atoms. The summed E-state index contributed by atoms with van der Waals surface area (Å²) in [7, 11) is -4.40. The first kappa shape index (κ1) is 34.9. The highest BCUT2D eigenvalue weighted by molar-refractivity contribution is 6.74. The zero-order chi connectivity index (χ0) is 37.0. The average Bonchev–Trinajstić information content (AvgIpc) is 3.66. The fourth-order valence-corrected chi connectivity index (χ4v) is 10.6. The number of rotatable bonds is 6. The quantitative estimate of drug-likeness (QED) is 0.126. The van der Waals surface area contributed by atoms with Gasteiger partial charge in [0.2, 0.25) is 16.6 Å². The molecule has 0 unspecified atom stereocenters. The molecule has 0 aromatic heterocycles. The molecule has 2 aliphatic rings. The smallest absolute Gasteiger partial charge is 0.250 e. The van der Waals surface area contributed by atoms with Gasteiger partial charge < -0.3 is 8.85 Å². The Morgan fingerprint density at radius 2 is 0.712 bits per heavy atom. The normalized spacial score (nSPS) is 15.5. The van der Waals surface area contributed by atoms with E-state index in [4.69, 9.17) is 8.85 Å². The Morgan fingerprint density at radius 3 is 1.02 bits per heavy atom. The maximum atomic E-state index is 7.54. The number of benzene rings is 6. The molecule has 2 aliphatic carbocycles. The second-order valence-corrected chi connectivity index (χ2v) is 27.8. The third-order valence-corrected chi connectivity index (χ3v) is 21.9. The molecule has 0 saturated carbocycles. The highest BCUT2D eigenvalue weighted by Gasteiger charge is 2.45. The SMILES string of the molecule is CC(C1=C(O[Si](C)(C)C(C)(C)C)Cc2c1c1ccccc1c1ccccc21)C1=C(O[Si](C)(C)C(C)(C)C)Cc2c1c1ccccc1c1ccccc21. The van der Waals surface area contributed by atoms with Gasteiger partial charge >= 0.3 is 0 Å². The van der Waals surface area contributed by atoms with Crippen LogP contribution in [0.5, 0.6) is 0 Å². The Bertz CT molecular complexity index is 2330. The van der Waals surface area contributed by atoms with E-state index >= 15 is 0 Å². The molecular weight excluding hydrogens is 665 g/mol. The third-order valence-electron chi connectivity index (χ3n) is 13.1. The number of hydrogen-bond donors (Lipinski definition) is 0. The standard InChI is InChI=1S/C48H54O2Si2/c1-30(43-41(49-51(8,9)47(2,3)4)28-39-35-24-14-12-20-31(35)33-22-16-18-26-37(33)45(39)43)44-42(50-52(10,11)48(5,6)7)29-40-36-25-15-13-21-32(36)34-23-17-19-27-38(34)46(40)44/h12-27,30H,28-29H2,1-11H3. The van der Waals surface area contributed by atoms with Crippen molar-refractivity contribution in [2.45, 2.75) is 97.6 Å². The Labute approximate surface area is 312 Å². The third kappa shape index (κ3) is 5.31. The van der Waals surface area contributed by atoms with Crippen molar-refractivity contribution in [2.75, 3.05) is 0 Å². The van der Waals surface area contributed by atoms with Crippen LogP contribution in [0.1, 0.15) is 70.7 Å². The number of hydrogen-bond acceptors (Lipinski definition) is 2. The lowest BCUT2D eigenvalue weighted by atomic mass is 9.81. The molecule has 6 aromatic rings. The lowest BCUT2D eigenvalue weighted by Gasteiger charge is -2.38. The average molecular weight is 719 g/mol. The van der Waals surface area contributed by atoms with Gasteiger partial charge in [0.05, 0.1) is 11.5 Å². The Hall–Kier alpha value is -4.13. The molecule has 0 saturated heterocycles. The highest BCUT2D eigenvalue weighted by atomic mass is 28.4. The van der Waals surface area contributed by atoms with Gasteiger partial charge in [-0.15, -0.1) is 0 Å². The Balaban J connectivity index is 1.47. The van der Waals surface area contributed by atoms with E-state index in [1.807, 2.05) is 0 Å². The molecule has 0 bridgehead atoms. The Kier molecular flexibility index (Phi) is 8.02. The highest BCUT2D eigenvalue weighted by Crippen LogP contribution is 2.55. The van der Waals surface area contributed by atoms with Crippen molar-refractivity contribution in [1.82, 2.24) is 0 Å². The van der Waals surface area contributed by atoms with Crippen LogP contribution in [0.15, 0.2) is 109 Å². The topological polar surface area (TPSA) is 18.5 Å². The molecule has 6 aromatic carbocycles. The van der Waals surface area contributed by atoms with Gasteiger partial charge in [0.25, 0.3) is 0 Å². The molecule has 0 fully saturated rings. The van der Waals surface area contributed by atoms with Gasteiger partial charge in [-0.25, -0.2) is 0 Å². The zero-order valence-electron chi connectivity index (χ0n) is 33.0. The molecule has 0 aliphatic heterocycles. The summed E-state index contributed by atoms with van der Waals surface area (Å²) in [4.78, 5) is 0.